The van der Waals surface area contributed by atoms with Crippen molar-refractivity contribution >= 4 is 34.3 Å². The predicted octanol–water partition coefficient (Wildman–Crippen LogP) is 4.47. The van der Waals surface area contributed by atoms with Gasteiger partial charge >= 0.3 is 5.97 Å². The molecule has 7 nitrogen and oxygen atoms in total. The number of hydrogen-bond donors (Lipinski definition) is 3. The SMILES string of the molecule is O=C(Nc1cccc(CNc2ncnc3c(C(=O)O)cccc23)c1)c1c(F)cccc1F. The molecule has 0 atom stereocenters. The number of anilines is 2. The van der Waals surface area contributed by atoms with Gasteiger partial charge in [-0.3, -0.25) is 4.79 Å². The maximum Gasteiger partial charge on any atom is 0.337 e. The zero-order valence-corrected chi connectivity index (χ0v) is 16.5. The molecule has 0 saturated carbocycles. The summed E-state index contributed by atoms with van der Waals surface area (Å²) in [7, 11) is 0. The minimum Gasteiger partial charge on any atom is -0.478 e. The smallest absolute Gasteiger partial charge is 0.337 e. The number of hydrogen-bond acceptors (Lipinski definition) is 5. The van der Waals surface area contributed by atoms with E-state index in [0.717, 1.165) is 17.7 Å². The molecule has 160 valence electrons. The van der Waals surface area contributed by atoms with Crippen molar-refractivity contribution in [1.82, 2.24) is 9.97 Å². The molecule has 0 fully saturated rings. The number of para-hydroxylation sites is 1. The molecule has 1 amide bonds. The van der Waals surface area contributed by atoms with E-state index < -0.39 is 29.1 Å². The Bertz CT molecular complexity index is 1320. The molecule has 0 bridgehead atoms. The van der Waals surface area contributed by atoms with Crippen molar-refractivity contribution in [2.75, 3.05) is 10.6 Å². The largest absolute Gasteiger partial charge is 0.478 e. The molecular weight excluding hydrogens is 418 g/mol. The first-order chi connectivity index (χ1) is 15.4. The van der Waals surface area contributed by atoms with Crippen LogP contribution in [0.4, 0.5) is 20.3 Å². The molecular formula is C23H16F2N4O3. The van der Waals surface area contributed by atoms with E-state index in [2.05, 4.69) is 20.6 Å². The molecule has 4 rings (SSSR count). The summed E-state index contributed by atoms with van der Waals surface area (Å²) in [6.45, 7) is 0.293. The Balaban J connectivity index is 1.53. The highest BCUT2D eigenvalue weighted by Crippen LogP contribution is 2.23. The van der Waals surface area contributed by atoms with Crippen LogP contribution < -0.4 is 10.6 Å². The first-order valence-electron chi connectivity index (χ1n) is 9.49. The van der Waals surface area contributed by atoms with Gasteiger partial charge in [-0.1, -0.05) is 24.3 Å². The van der Waals surface area contributed by atoms with Gasteiger partial charge in [0.15, 0.2) is 0 Å². The van der Waals surface area contributed by atoms with Crippen molar-refractivity contribution in [2.24, 2.45) is 0 Å². The molecule has 0 saturated heterocycles. The lowest BCUT2D eigenvalue weighted by Gasteiger charge is -2.11. The second-order valence-electron chi connectivity index (χ2n) is 6.83. The number of benzene rings is 3. The fourth-order valence-electron chi connectivity index (χ4n) is 3.25. The number of nitrogens with zero attached hydrogens (tertiary/aromatic N) is 2. The molecule has 1 heterocycles. The van der Waals surface area contributed by atoms with Crippen LogP contribution in [0, 0.1) is 11.6 Å². The van der Waals surface area contributed by atoms with Gasteiger partial charge < -0.3 is 15.7 Å². The summed E-state index contributed by atoms with van der Waals surface area (Å²) in [4.78, 5) is 32.0. The normalized spacial score (nSPS) is 10.7. The van der Waals surface area contributed by atoms with E-state index >= 15 is 0 Å². The Labute approximate surface area is 180 Å². The van der Waals surface area contributed by atoms with Crippen LogP contribution in [-0.2, 0) is 6.54 Å². The lowest BCUT2D eigenvalue weighted by molar-refractivity contribution is 0.0698. The topological polar surface area (TPSA) is 104 Å². The summed E-state index contributed by atoms with van der Waals surface area (Å²) in [6.07, 6.45) is 1.27. The number of halogens is 2. The van der Waals surface area contributed by atoms with Gasteiger partial charge in [0.05, 0.1) is 11.1 Å². The van der Waals surface area contributed by atoms with Gasteiger partial charge in [0.1, 0.15) is 29.3 Å². The second kappa shape index (κ2) is 8.76. The van der Waals surface area contributed by atoms with Crippen LogP contribution in [-0.4, -0.2) is 27.0 Å². The zero-order valence-electron chi connectivity index (χ0n) is 16.5. The first kappa shape index (κ1) is 20.9. The number of rotatable bonds is 6. The maximum absolute atomic E-state index is 13.8. The summed E-state index contributed by atoms with van der Waals surface area (Å²) in [5.74, 6) is -3.43. The lowest BCUT2D eigenvalue weighted by atomic mass is 10.1. The van der Waals surface area contributed by atoms with Crippen molar-refractivity contribution in [3.8, 4) is 0 Å². The lowest BCUT2D eigenvalue weighted by Crippen LogP contribution is -2.16. The van der Waals surface area contributed by atoms with Crippen LogP contribution in [0.15, 0.2) is 67.0 Å². The van der Waals surface area contributed by atoms with E-state index in [-0.39, 0.29) is 5.56 Å². The number of nitrogens with one attached hydrogen (secondary N) is 2. The number of fused-ring (bicyclic) bond motifs is 1. The standard InChI is InChI=1S/C23H16F2N4O3/c24-17-8-3-9-18(25)19(17)22(30)29-14-5-1-4-13(10-14)11-26-21-15-6-2-7-16(23(31)32)20(15)27-12-28-21/h1-10,12H,11H2,(H,29,30)(H,31,32)(H,26,27,28). The number of amides is 1. The minimum atomic E-state index is -1.09. The van der Waals surface area contributed by atoms with E-state index in [9.17, 15) is 23.5 Å². The summed E-state index contributed by atoms with van der Waals surface area (Å²) in [5, 5.41) is 15.5. The van der Waals surface area contributed by atoms with E-state index in [1.165, 1.54) is 18.5 Å². The van der Waals surface area contributed by atoms with Crippen molar-refractivity contribution in [1.29, 1.82) is 0 Å². The molecule has 32 heavy (non-hydrogen) atoms. The first-order valence-corrected chi connectivity index (χ1v) is 9.49. The maximum atomic E-state index is 13.8. The van der Waals surface area contributed by atoms with Gasteiger partial charge in [0.25, 0.3) is 5.91 Å². The Kier molecular flexibility index (Phi) is 5.71. The molecule has 3 N–H and O–H groups in total. The number of aromatic nitrogens is 2. The van der Waals surface area contributed by atoms with Crippen molar-refractivity contribution in [3.05, 3.63) is 95.3 Å². The van der Waals surface area contributed by atoms with Crippen molar-refractivity contribution in [2.45, 2.75) is 6.54 Å². The second-order valence-corrected chi connectivity index (χ2v) is 6.83. The van der Waals surface area contributed by atoms with Crippen molar-refractivity contribution < 1.29 is 23.5 Å². The van der Waals surface area contributed by atoms with E-state index in [1.54, 1.807) is 36.4 Å². The number of carbonyl (C=O) groups excluding carboxylic acids is 1. The number of carbonyl (C=O) groups is 2. The number of carboxylic acids is 1. The van der Waals surface area contributed by atoms with Gasteiger partial charge in [0.2, 0.25) is 0 Å². The highest BCUT2D eigenvalue weighted by molar-refractivity contribution is 6.05. The average molecular weight is 434 g/mol. The molecule has 0 spiro atoms. The summed E-state index contributed by atoms with van der Waals surface area (Å²) >= 11 is 0. The van der Waals surface area contributed by atoms with Crippen LogP contribution in [0.25, 0.3) is 10.9 Å². The van der Waals surface area contributed by atoms with Crippen molar-refractivity contribution in [3.63, 3.8) is 0 Å². The minimum absolute atomic E-state index is 0.0676. The quantitative estimate of drug-likeness (QED) is 0.414. The van der Waals surface area contributed by atoms with Gasteiger partial charge in [-0.2, -0.15) is 0 Å². The molecule has 0 unspecified atom stereocenters. The molecule has 3 aromatic carbocycles. The van der Waals surface area contributed by atoms with Crippen LogP contribution in [0.5, 0.6) is 0 Å². The summed E-state index contributed by atoms with van der Waals surface area (Å²) < 4.78 is 27.7. The number of carboxylic acid groups (broad SMARTS) is 1. The highest BCUT2D eigenvalue weighted by Gasteiger charge is 2.17. The Morgan fingerprint density at radius 2 is 1.66 bits per heavy atom. The van der Waals surface area contributed by atoms with Gasteiger partial charge in [-0.25, -0.2) is 23.5 Å². The van der Waals surface area contributed by atoms with Crippen LogP contribution >= 0.6 is 0 Å². The Morgan fingerprint density at radius 3 is 2.41 bits per heavy atom. The molecule has 1 aromatic heterocycles. The number of aromatic carboxylic acids is 1. The Morgan fingerprint density at radius 1 is 0.938 bits per heavy atom. The fourth-order valence-corrected chi connectivity index (χ4v) is 3.25. The summed E-state index contributed by atoms with van der Waals surface area (Å²) in [6, 6.07) is 14.7. The molecule has 0 aliphatic rings. The molecule has 0 radical (unpaired) electrons. The Hall–Kier alpha value is -4.40. The highest BCUT2D eigenvalue weighted by atomic mass is 19.1. The molecule has 0 aliphatic heterocycles. The van der Waals surface area contributed by atoms with Gasteiger partial charge in [0, 0.05) is 17.6 Å². The fraction of sp³-hybridized carbons (Fsp3) is 0.0435. The third kappa shape index (κ3) is 4.22. The van der Waals surface area contributed by atoms with Crippen LogP contribution in [0.2, 0.25) is 0 Å². The zero-order chi connectivity index (χ0) is 22.7. The molecule has 0 aliphatic carbocycles. The average Bonchev–Trinajstić information content (AvgIpc) is 2.77. The van der Waals surface area contributed by atoms with Crippen LogP contribution in [0.1, 0.15) is 26.3 Å². The van der Waals surface area contributed by atoms with E-state index in [4.69, 9.17) is 0 Å². The van der Waals surface area contributed by atoms with Gasteiger partial charge in [-0.15, -0.1) is 0 Å². The van der Waals surface area contributed by atoms with E-state index in [1.807, 2.05) is 0 Å². The third-order valence-corrected chi connectivity index (χ3v) is 4.73. The molecule has 9 heteroatoms. The molecule has 4 aromatic rings. The van der Waals surface area contributed by atoms with Crippen LogP contribution in [0.3, 0.4) is 0 Å². The predicted molar refractivity (Wildman–Crippen MR) is 115 cm³/mol. The third-order valence-electron chi connectivity index (χ3n) is 4.73. The van der Waals surface area contributed by atoms with E-state index in [0.29, 0.717) is 29.0 Å². The van der Waals surface area contributed by atoms with Gasteiger partial charge in [-0.05, 0) is 42.0 Å². The monoisotopic (exact) mass is 434 g/mol. The summed E-state index contributed by atoms with van der Waals surface area (Å²) in [5.41, 5.74) is 0.830.